The molecule has 1 aliphatic heterocycles. The molecule has 0 saturated heterocycles. The molecule has 2 heterocycles. The zero-order valence-electron chi connectivity index (χ0n) is 11.9. The standard InChI is InChI=1S/C15H15BrF3N3/c1-10-20-8-13-9-21(6-7-22(10)13)14(15(17,18)19)11-2-4-12(16)5-3-11/h2-5,8,14H,6-7,9H2,1H3. The van der Waals surface area contributed by atoms with Crippen LogP contribution in [0.2, 0.25) is 0 Å². The monoisotopic (exact) mass is 373 g/mol. The highest BCUT2D eigenvalue weighted by atomic mass is 79.9. The quantitative estimate of drug-likeness (QED) is 0.790. The second-order valence-electron chi connectivity index (χ2n) is 5.41. The lowest BCUT2D eigenvalue weighted by Gasteiger charge is -2.36. The van der Waals surface area contributed by atoms with Crippen molar-refractivity contribution < 1.29 is 13.2 Å². The molecule has 118 valence electrons. The van der Waals surface area contributed by atoms with E-state index < -0.39 is 12.2 Å². The molecule has 3 nitrogen and oxygen atoms in total. The number of imidazole rings is 1. The summed E-state index contributed by atoms with van der Waals surface area (Å²) < 4.78 is 43.5. The molecule has 0 aliphatic carbocycles. The minimum atomic E-state index is -4.31. The Hall–Kier alpha value is -1.34. The van der Waals surface area contributed by atoms with Gasteiger partial charge in [0, 0.05) is 30.3 Å². The van der Waals surface area contributed by atoms with Crippen LogP contribution >= 0.6 is 15.9 Å². The van der Waals surface area contributed by atoms with Crippen molar-refractivity contribution in [3.8, 4) is 0 Å². The van der Waals surface area contributed by atoms with Gasteiger partial charge in [0.15, 0.2) is 0 Å². The highest BCUT2D eigenvalue weighted by molar-refractivity contribution is 9.10. The Morgan fingerprint density at radius 1 is 1.18 bits per heavy atom. The van der Waals surface area contributed by atoms with Gasteiger partial charge in [-0.1, -0.05) is 28.1 Å². The summed E-state index contributed by atoms with van der Waals surface area (Å²) in [7, 11) is 0. The molecule has 0 amide bonds. The van der Waals surface area contributed by atoms with Gasteiger partial charge in [0.05, 0.1) is 5.69 Å². The smallest absolute Gasteiger partial charge is 0.330 e. The molecule has 0 fully saturated rings. The summed E-state index contributed by atoms with van der Waals surface area (Å²) in [6.45, 7) is 3.00. The number of rotatable bonds is 2. The van der Waals surface area contributed by atoms with Crippen molar-refractivity contribution in [3.05, 3.63) is 52.0 Å². The van der Waals surface area contributed by atoms with E-state index in [0.29, 0.717) is 13.1 Å². The number of aromatic nitrogens is 2. The first-order valence-corrected chi connectivity index (χ1v) is 7.73. The van der Waals surface area contributed by atoms with Crippen LogP contribution in [0, 0.1) is 6.92 Å². The Bertz CT molecular complexity index is 664. The van der Waals surface area contributed by atoms with Gasteiger partial charge in [-0.25, -0.2) is 4.98 Å². The first kappa shape index (κ1) is 15.6. The van der Waals surface area contributed by atoms with Crippen LogP contribution in [-0.2, 0) is 13.1 Å². The molecule has 3 rings (SSSR count). The molecule has 1 aromatic carbocycles. The molecule has 0 bridgehead atoms. The van der Waals surface area contributed by atoms with Crippen LogP contribution in [0.25, 0.3) is 0 Å². The molecule has 0 saturated carbocycles. The summed E-state index contributed by atoms with van der Waals surface area (Å²) in [5.74, 6) is 0.849. The SMILES string of the molecule is Cc1ncc2n1CCN(C(c1ccc(Br)cc1)C(F)(F)F)C2. The maximum Gasteiger partial charge on any atom is 0.408 e. The first-order chi connectivity index (χ1) is 10.4. The Morgan fingerprint density at radius 2 is 1.86 bits per heavy atom. The zero-order valence-corrected chi connectivity index (χ0v) is 13.5. The fourth-order valence-corrected chi connectivity index (χ4v) is 3.20. The third-order valence-electron chi connectivity index (χ3n) is 3.97. The summed E-state index contributed by atoms with van der Waals surface area (Å²) in [5, 5.41) is 0. The topological polar surface area (TPSA) is 21.1 Å². The van der Waals surface area contributed by atoms with Crippen molar-refractivity contribution in [3.63, 3.8) is 0 Å². The summed E-state index contributed by atoms with van der Waals surface area (Å²) in [5.41, 5.74) is 1.09. The Kier molecular flexibility index (Phi) is 4.03. The molecule has 1 unspecified atom stereocenters. The number of alkyl halides is 3. The molecule has 0 radical (unpaired) electrons. The third kappa shape index (κ3) is 2.92. The Balaban J connectivity index is 1.93. The zero-order chi connectivity index (χ0) is 15.9. The number of hydrogen-bond acceptors (Lipinski definition) is 2. The van der Waals surface area contributed by atoms with Gasteiger partial charge in [0.2, 0.25) is 0 Å². The van der Waals surface area contributed by atoms with Crippen LogP contribution in [0.15, 0.2) is 34.9 Å². The molecule has 2 aromatic rings. The van der Waals surface area contributed by atoms with E-state index >= 15 is 0 Å². The maximum absolute atomic E-state index is 13.6. The van der Waals surface area contributed by atoms with E-state index in [4.69, 9.17) is 0 Å². The van der Waals surface area contributed by atoms with Crippen molar-refractivity contribution in [2.24, 2.45) is 0 Å². The highest BCUT2D eigenvalue weighted by Gasteiger charge is 2.45. The Labute approximate surface area is 134 Å². The van der Waals surface area contributed by atoms with E-state index in [1.54, 1.807) is 18.3 Å². The minimum absolute atomic E-state index is 0.251. The summed E-state index contributed by atoms with van der Waals surface area (Å²) in [4.78, 5) is 5.66. The van der Waals surface area contributed by atoms with Gasteiger partial charge in [-0.2, -0.15) is 13.2 Å². The van der Waals surface area contributed by atoms with Crippen LogP contribution in [0.5, 0.6) is 0 Å². The van der Waals surface area contributed by atoms with Crippen LogP contribution in [-0.4, -0.2) is 27.2 Å². The number of aryl methyl sites for hydroxylation is 1. The van der Waals surface area contributed by atoms with Crippen molar-refractivity contribution >= 4 is 15.9 Å². The number of nitrogens with zero attached hydrogens (tertiary/aromatic N) is 3. The lowest BCUT2D eigenvalue weighted by molar-refractivity contribution is -0.190. The van der Waals surface area contributed by atoms with Gasteiger partial charge < -0.3 is 4.57 Å². The van der Waals surface area contributed by atoms with Gasteiger partial charge >= 0.3 is 6.18 Å². The molecule has 1 aliphatic rings. The molecule has 1 aromatic heterocycles. The molecule has 0 spiro atoms. The fraction of sp³-hybridized carbons (Fsp3) is 0.400. The summed E-state index contributed by atoms with van der Waals surface area (Å²) in [6.07, 6.45) is -2.65. The number of benzene rings is 1. The summed E-state index contributed by atoms with van der Waals surface area (Å²) >= 11 is 3.26. The van der Waals surface area contributed by atoms with Crippen molar-refractivity contribution in [1.82, 2.24) is 14.5 Å². The van der Waals surface area contributed by atoms with Gasteiger partial charge in [-0.05, 0) is 24.6 Å². The fourth-order valence-electron chi connectivity index (χ4n) is 2.93. The normalized spacial score (nSPS) is 17.3. The molecule has 7 heteroatoms. The van der Waals surface area contributed by atoms with E-state index in [0.717, 1.165) is 16.0 Å². The second kappa shape index (κ2) is 5.70. The average Bonchev–Trinajstić information content (AvgIpc) is 2.81. The largest absolute Gasteiger partial charge is 0.408 e. The molecule has 1 atom stereocenters. The van der Waals surface area contributed by atoms with Gasteiger partial charge in [-0.3, -0.25) is 4.90 Å². The predicted molar refractivity (Wildman–Crippen MR) is 80.3 cm³/mol. The van der Waals surface area contributed by atoms with E-state index in [1.165, 1.54) is 17.0 Å². The number of fused-ring (bicyclic) bond motifs is 1. The predicted octanol–water partition coefficient (Wildman–Crippen LogP) is 4.07. The van der Waals surface area contributed by atoms with Crippen LogP contribution in [0.1, 0.15) is 23.1 Å². The van der Waals surface area contributed by atoms with Crippen molar-refractivity contribution in [1.29, 1.82) is 0 Å². The average molecular weight is 374 g/mol. The van der Waals surface area contributed by atoms with Crippen LogP contribution < -0.4 is 0 Å². The van der Waals surface area contributed by atoms with E-state index in [9.17, 15) is 13.2 Å². The number of halogens is 4. The lowest BCUT2D eigenvalue weighted by Crippen LogP contribution is -2.42. The second-order valence-corrected chi connectivity index (χ2v) is 6.33. The van der Waals surface area contributed by atoms with E-state index in [-0.39, 0.29) is 12.1 Å². The molecule has 22 heavy (non-hydrogen) atoms. The molecule has 0 N–H and O–H groups in total. The molecular weight excluding hydrogens is 359 g/mol. The third-order valence-corrected chi connectivity index (χ3v) is 4.50. The van der Waals surface area contributed by atoms with E-state index in [2.05, 4.69) is 20.9 Å². The van der Waals surface area contributed by atoms with Crippen LogP contribution in [0.3, 0.4) is 0 Å². The van der Waals surface area contributed by atoms with Gasteiger partial charge in [0.25, 0.3) is 0 Å². The lowest BCUT2D eigenvalue weighted by atomic mass is 10.0. The van der Waals surface area contributed by atoms with Crippen molar-refractivity contribution in [2.75, 3.05) is 6.54 Å². The minimum Gasteiger partial charge on any atom is -0.330 e. The highest BCUT2D eigenvalue weighted by Crippen LogP contribution is 2.39. The molecular formula is C15H15BrF3N3. The van der Waals surface area contributed by atoms with E-state index in [1.807, 2.05) is 11.5 Å². The Morgan fingerprint density at radius 3 is 2.50 bits per heavy atom. The van der Waals surface area contributed by atoms with Crippen molar-refractivity contribution in [2.45, 2.75) is 32.2 Å². The maximum atomic E-state index is 13.6. The number of hydrogen-bond donors (Lipinski definition) is 0. The van der Waals surface area contributed by atoms with Gasteiger partial charge in [0.1, 0.15) is 11.9 Å². The van der Waals surface area contributed by atoms with Crippen LogP contribution in [0.4, 0.5) is 13.2 Å². The summed E-state index contributed by atoms with van der Waals surface area (Å²) in [6, 6.07) is 4.75. The van der Waals surface area contributed by atoms with Gasteiger partial charge in [-0.15, -0.1) is 0 Å². The first-order valence-electron chi connectivity index (χ1n) is 6.93.